The fourth-order valence-electron chi connectivity index (χ4n) is 3.87. The van der Waals surface area contributed by atoms with Crippen molar-refractivity contribution in [3.05, 3.63) is 26.3 Å². The summed E-state index contributed by atoms with van der Waals surface area (Å²) < 4.78 is 17.2. The van der Waals surface area contributed by atoms with E-state index in [0.717, 1.165) is 52.6 Å². The summed E-state index contributed by atoms with van der Waals surface area (Å²) in [6.07, 6.45) is 0.550. The van der Waals surface area contributed by atoms with Crippen LogP contribution < -0.4 is 21.7 Å². The first kappa shape index (κ1) is 33.4. The maximum atomic E-state index is 13.2. The van der Waals surface area contributed by atoms with Crippen LogP contribution in [0.3, 0.4) is 0 Å². The summed E-state index contributed by atoms with van der Waals surface area (Å²) in [5, 5.41) is 26.1. The van der Waals surface area contributed by atoms with Gasteiger partial charge in [-0.3, -0.25) is 14.5 Å². The molecule has 0 radical (unpaired) electrons. The van der Waals surface area contributed by atoms with Crippen LogP contribution in [0.2, 0.25) is 4.34 Å². The van der Waals surface area contributed by atoms with E-state index in [9.17, 15) is 23.9 Å². The largest absolute Gasteiger partial charge is 0.477 e. The van der Waals surface area contributed by atoms with E-state index in [4.69, 9.17) is 34.4 Å². The summed E-state index contributed by atoms with van der Waals surface area (Å²) >= 11 is 16.1. The predicted molar refractivity (Wildman–Crippen MR) is 169 cm³/mol. The summed E-state index contributed by atoms with van der Waals surface area (Å²) in [6, 6.07) is -1.08. The Morgan fingerprint density at radius 3 is 2.81 bits per heavy atom. The number of rotatable bonds is 16. The number of amides is 2. The van der Waals surface area contributed by atoms with Gasteiger partial charge in [-0.1, -0.05) is 56.6 Å². The van der Waals surface area contributed by atoms with Crippen molar-refractivity contribution in [2.45, 2.75) is 22.0 Å². The number of nitrogens with one attached hydrogen (secondary N) is 3. The Bertz CT molecular complexity index is 1450. The number of carboxylic acids is 1. The van der Waals surface area contributed by atoms with Crippen LogP contribution in [0, 0.1) is 0 Å². The number of fused-ring (bicyclic) bond motifs is 1. The Morgan fingerprint density at radius 1 is 1.35 bits per heavy atom. The zero-order valence-electron chi connectivity index (χ0n) is 22.3. The number of aromatic nitrogens is 3. The molecule has 2 aromatic rings. The van der Waals surface area contributed by atoms with Crippen molar-refractivity contribution in [3.8, 4) is 0 Å². The lowest BCUT2D eigenvalue weighted by Gasteiger charge is -2.49. The molecule has 0 aromatic carbocycles. The van der Waals surface area contributed by atoms with Crippen molar-refractivity contribution < 1.29 is 28.7 Å². The minimum absolute atomic E-state index is 0.0445. The monoisotopic (exact) mass is 709 g/mol. The number of aliphatic carboxylic acids is 1. The van der Waals surface area contributed by atoms with Gasteiger partial charge in [-0.05, 0) is 25.0 Å². The number of likely N-dealkylation sites (N-methyl/N-ethyl adjacent to an activating group) is 1. The molecular weight excluding hydrogens is 685 g/mol. The quantitative estimate of drug-likeness (QED) is 0.0418. The number of hydrogen-bond acceptors (Lipinski definition) is 16. The maximum Gasteiger partial charge on any atom is 0.353 e. The third-order valence-corrected chi connectivity index (χ3v) is 10.7. The molecule has 2 aromatic heterocycles. The molecule has 1 fully saturated rings. The van der Waals surface area contributed by atoms with Crippen molar-refractivity contribution in [3.63, 3.8) is 0 Å². The fraction of sp³-hybridized carbons (Fsp3) is 0.455. The highest BCUT2D eigenvalue weighted by Crippen LogP contribution is 2.46. The van der Waals surface area contributed by atoms with Gasteiger partial charge in [0.05, 0.1) is 0 Å². The Hall–Kier alpha value is -2.46. The van der Waals surface area contributed by atoms with E-state index < -0.39 is 48.2 Å². The number of β-lactam (4-membered cyclic amide) rings is 1. The zero-order chi connectivity index (χ0) is 31.1. The van der Waals surface area contributed by atoms with Gasteiger partial charge in [0.2, 0.25) is 0 Å². The number of carboxylic acid groups (broad SMARTS) is 1. The van der Waals surface area contributed by atoms with Gasteiger partial charge in [0.25, 0.3) is 11.8 Å². The maximum absolute atomic E-state index is 13.2. The molecule has 0 aliphatic carbocycles. The van der Waals surface area contributed by atoms with E-state index in [1.54, 1.807) is 0 Å². The van der Waals surface area contributed by atoms with Crippen molar-refractivity contribution >= 4 is 104 Å². The Kier molecular flexibility index (Phi) is 12.1. The number of nitrogens with zero attached hydrogens (tertiary/aromatic N) is 5. The van der Waals surface area contributed by atoms with Gasteiger partial charge in [0.1, 0.15) is 50.3 Å². The minimum atomic E-state index is -1.30. The summed E-state index contributed by atoms with van der Waals surface area (Å²) in [4.78, 5) is 49.7. The smallest absolute Gasteiger partial charge is 0.353 e. The number of thiazole rings is 1. The van der Waals surface area contributed by atoms with Crippen LogP contribution in [0.1, 0.15) is 17.8 Å². The molecule has 2 aliphatic heterocycles. The Balaban J connectivity index is 1.48. The number of hydrogen-bond donors (Lipinski definition) is 5. The van der Waals surface area contributed by atoms with E-state index in [1.165, 1.54) is 11.8 Å². The highest BCUT2D eigenvalue weighted by atomic mass is 35.5. The molecular formula is C22H25ClFN9O5S5. The number of oxime groups is 1. The fourth-order valence-corrected chi connectivity index (χ4v) is 8.57. The number of thiocarbonyl (C=S) groups is 1. The van der Waals surface area contributed by atoms with Gasteiger partial charge in [0, 0.05) is 35.2 Å². The lowest BCUT2D eigenvalue weighted by molar-refractivity contribution is -0.150. The molecule has 1 saturated heterocycles. The highest BCUT2D eigenvalue weighted by molar-refractivity contribution is 8.07. The molecule has 4 heterocycles. The number of halogens is 2. The lowest BCUT2D eigenvalue weighted by atomic mass is 10.0. The van der Waals surface area contributed by atoms with Gasteiger partial charge < -0.3 is 31.6 Å². The number of nitrogens with two attached hydrogens (primary N) is 1. The minimum Gasteiger partial charge on any atom is -0.477 e. The standard InChI is InChI=1S/C22H25ClFN9O5S5/c1-26-5-6-27-4-2-9(39)11-21(43-32-30-11)41-10-8-40-19-14(18(35)33(19)15(10)20(36)37)28-17(34)13(31-38-7-3-24)12-16(23)42-22(25)29-12/h14,19,26-27H,2-8H2,1H3,(H2,25,29)(H,28,34)(H,36,37)/b31-13-/t14-,19+/m1/s1. The average molecular weight is 710 g/mol. The van der Waals surface area contributed by atoms with Gasteiger partial charge in [0.15, 0.2) is 10.8 Å². The predicted octanol–water partition coefficient (Wildman–Crippen LogP) is 1.33. The highest BCUT2D eigenvalue weighted by Gasteiger charge is 2.54. The number of alkyl halides is 1. The van der Waals surface area contributed by atoms with Gasteiger partial charge in [-0.25, -0.2) is 14.2 Å². The van der Waals surface area contributed by atoms with E-state index in [0.29, 0.717) is 32.6 Å². The van der Waals surface area contributed by atoms with Gasteiger partial charge in [-0.2, -0.15) is 0 Å². The van der Waals surface area contributed by atoms with E-state index in [1.807, 2.05) is 7.05 Å². The molecule has 4 rings (SSSR count). The molecule has 14 nitrogen and oxygen atoms in total. The first-order valence-electron chi connectivity index (χ1n) is 12.5. The molecule has 0 bridgehead atoms. The Morgan fingerprint density at radius 2 is 2.14 bits per heavy atom. The molecule has 43 heavy (non-hydrogen) atoms. The summed E-state index contributed by atoms with van der Waals surface area (Å²) in [5.41, 5.74) is 5.50. The van der Waals surface area contributed by atoms with Crippen LogP contribution >= 0.6 is 70.2 Å². The molecule has 0 saturated carbocycles. The van der Waals surface area contributed by atoms with Crippen LogP contribution in [0.25, 0.3) is 0 Å². The lowest BCUT2D eigenvalue weighted by Crippen LogP contribution is -2.71. The molecule has 6 N–H and O–H groups in total. The van der Waals surface area contributed by atoms with Crippen LogP contribution in [0.15, 0.2) is 20.0 Å². The second kappa shape index (κ2) is 15.5. The molecule has 232 valence electrons. The summed E-state index contributed by atoms with van der Waals surface area (Å²) in [5.74, 6) is -2.58. The zero-order valence-corrected chi connectivity index (χ0v) is 27.1. The number of carbonyl (C=O) groups excluding carboxylic acids is 2. The average Bonchev–Trinajstić information content (AvgIpc) is 3.58. The topological polar surface area (TPSA) is 197 Å². The SMILES string of the molecule is CNCCNCCC(=S)c1nnsc1SC1=C(C(=O)O)N2C(=O)[C@@H](NC(=O)/C(=N\OCCF)c3nc(N)sc3Cl)[C@@H]2SC1. The second-order valence-electron chi connectivity index (χ2n) is 8.61. The third-order valence-electron chi connectivity index (χ3n) is 5.81. The van der Waals surface area contributed by atoms with E-state index in [2.05, 4.69) is 35.7 Å². The normalized spacial score (nSPS) is 18.3. The van der Waals surface area contributed by atoms with Crippen molar-refractivity contribution in [2.75, 3.05) is 51.4 Å². The molecule has 2 atom stereocenters. The molecule has 2 amide bonds. The van der Waals surface area contributed by atoms with Gasteiger partial charge >= 0.3 is 5.97 Å². The summed E-state index contributed by atoms with van der Waals surface area (Å²) in [6.45, 7) is 0.960. The van der Waals surface area contributed by atoms with Crippen LogP contribution in [-0.2, 0) is 19.2 Å². The molecule has 21 heteroatoms. The summed E-state index contributed by atoms with van der Waals surface area (Å²) in [7, 11) is 1.86. The molecule has 0 unspecified atom stereocenters. The number of nitrogen functional groups attached to an aromatic ring is 1. The van der Waals surface area contributed by atoms with Crippen molar-refractivity contribution in [1.29, 1.82) is 0 Å². The van der Waals surface area contributed by atoms with E-state index in [-0.39, 0.29) is 26.6 Å². The molecule has 0 spiro atoms. The number of anilines is 1. The van der Waals surface area contributed by atoms with Crippen molar-refractivity contribution in [2.24, 2.45) is 5.16 Å². The van der Waals surface area contributed by atoms with Gasteiger partial charge in [-0.15, -0.1) is 16.9 Å². The van der Waals surface area contributed by atoms with Crippen LogP contribution in [0.5, 0.6) is 0 Å². The number of thioether (sulfide) groups is 2. The first-order valence-corrected chi connectivity index (χ1v) is 16.7. The first-order chi connectivity index (χ1) is 20.7. The molecule has 2 aliphatic rings. The second-order valence-corrected chi connectivity index (χ2v) is 14.0. The van der Waals surface area contributed by atoms with E-state index >= 15 is 0 Å². The third kappa shape index (κ3) is 7.80. The van der Waals surface area contributed by atoms with Crippen LogP contribution in [0.4, 0.5) is 9.52 Å². The van der Waals surface area contributed by atoms with Crippen molar-refractivity contribution in [1.82, 2.24) is 35.4 Å². The Labute approximate surface area is 271 Å². The van der Waals surface area contributed by atoms with Crippen LogP contribution in [-0.4, -0.2) is 110 Å². The number of carbonyl (C=O) groups is 3.